The molecule has 0 saturated heterocycles. The van der Waals surface area contributed by atoms with Gasteiger partial charge >= 0.3 is 5.69 Å². The Labute approximate surface area is 129 Å². The van der Waals surface area contributed by atoms with E-state index < -0.39 is 5.69 Å². The van der Waals surface area contributed by atoms with Crippen LogP contribution in [0.1, 0.15) is 16.6 Å². The molecule has 4 N–H and O–H groups in total. The maximum absolute atomic E-state index is 11.5. The van der Waals surface area contributed by atoms with Crippen LogP contribution in [0.3, 0.4) is 0 Å². The molecule has 1 aliphatic rings. The van der Waals surface area contributed by atoms with Crippen molar-refractivity contribution in [1.82, 2.24) is 20.3 Å². The van der Waals surface area contributed by atoms with E-state index in [9.17, 15) is 4.79 Å². The monoisotopic (exact) mass is 315 g/mol. The van der Waals surface area contributed by atoms with Gasteiger partial charge in [-0.3, -0.25) is 4.98 Å². The number of H-pyrrole nitrogens is 1. The zero-order valence-electron chi connectivity index (χ0n) is 11.5. The Balaban J connectivity index is 1.90. The Kier molecular flexibility index (Phi) is 3.05. The summed E-state index contributed by atoms with van der Waals surface area (Å²) in [5.74, 6) is 0.532. The molecule has 4 rings (SSSR count). The molecule has 1 aromatic carbocycles. The molecule has 7 nitrogen and oxygen atoms in total. The van der Waals surface area contributed by atoms with E-state index in [0.717, 1.165) is 15.2 Å². The van der Waals surface area contributed by atoms with Crippen LogP contribution in [0.15, 0.2) is 29.1 Å². The van der Waals surface area contributed by atoms with Gasteiger partial charge in [0.2, 0.25) is 5.88 Å². The van der Waals surface area contributed by atoms with Crippen LogP contribution >= 0.6 is 11.3 Å². The van der Waals surface area contributed by atoms with Gasteiger partial charge in [-0.25, -0.2) is 9.78 Å². The summed E-state index contributed by atoms with van der Waals surface area (Å²) in [4.78, 5) is 22.6. The van der Waals surface area contributed by atoms with Gasteiger partial charge in [-0.05, 0) is 12.1 Å². The highest BCUT2D eigenvalue weighted by Crippen LogP contribution is 2.36. The number of anilines is 1. The molecule has 0 bridgehead atoms. The zero-order chi connectivity index (χ0) is 15.1. The second kappa shape index (κ2) is 5.08. The van der Waals surface area contributed by atoms with Crippen LogP contribution in [0.5, 0.6) is 5.88 Å². The summed E-state index contributed by atoms with van der Waals surface area (Å²) in [5, 5.41) is 4.23. The number of fused-ring (bicyclic) bond motifs is 2. The van der Waals surface area contributed by atoms with Crippen molar-refractivity contribution in [2.45, 2.75) is 6.04 Å². The number of nitrogens with zero attached hydrogens (tertiary/aromatic N) is 2. The lowest BCUT2D eigenvalue weighted by Crippen LogP contribution is -2.25. The standard InChI is InChI=1S/C14H13N5O2S/c15-11-9-10(13-17-7-3-1-2-4-8(7)22-13)16-5-6-21-12(9)19-14(20)18-11/h1-4,10,16H,5-6H2,(H3,15,18,19,20). The van der Waals surface area contributed by atoms with E-state index in [0.29, 0.717) is 18.7 Å². The molecule has 1 atom stereocenters. The molecule has 0 amide bonds. The Hall–Kier alpha value is -2.45. The first-order valence-corrected chi connectivity index (χ1v) is 7.65. The summed E-state index contributed by atoms with van der Waals surface area (Å²) in [6.45, 7) is 1.04. The zero-order valence-corrected chi connectivity index (χ0v) is 12.3. The molecule has 1 aliphatic heterocycles. The number of benzene rings is 1. The van der Waals surface area contributed by atoms with Gasteiger partial charge in [0.15, 0.2) is 0 Å². The number of ether oxygens (including phenoxy) is 1. The predicted molar refractivity (Wildman–Crippen MR) is 84.2 cm³/mol. The number of thiazole rings is 1. The molecular formula is C14H13N5O2S. The minimum absolute atomic E-state index is 0.251. The third-order valence-corrected chi connectivity index (χ3v) is 4.60. The smallest absolute Gasteiger partial charge is 0.349 e. The van der Waals surface area contributed by atoms with E-state index in [1.807, 2.05) is 24.3 Å². The van der Waals surface area contributed by atoms with Gasteiger partial charge in [-0.1, -0.05) is 12.1 Å². The van der Waals surface area contributed by atoms with Gasteiger partial charge in [0, 0.05) is 6.54 Å². The van der Waals surface area contributed by atoms with Crippen molar-refractivity contribution in [2.24, 2.45) is 0 Å². The van der Waals surface area contributed by atoms with Crippen molar-refractivity contribution >= 4 is 27.4 Å². The maximum atomic E-state index is 11.5. The predicted octanol–water partition coefficient (Wildman–Crippen LogP) is 1.03. The topological polar surface area (TPSA) is 106 Å². The molecule has 0 saturated carbocycles. The van der Waals surface area contributed by atoms with Crippen molar-refractivity contribution in [3.05, 3.63) is 45.3 Å². The summed E-state index contributed by atoms with van der Waals surface area (Å²) in [5.41, 5.74) is 7.05. The first-order chi connectivity index (χ1) is 10.7. The van der Waals surface area contributed by atoms with Crippen LogP contribution in [-0.2, 0) is 0 Å². The third kappa shape index (κ3) is 2.13. The third-order valence-electron chi connectivity index (χ3n) is 3.50. The maximum Gasteiger partial charge on any atom is 0.349 e. The lowest BCUT2D eigenvalue weighted by Gasteiger charge is -2.15. The van der Waals surface area contributed by atoms with Crippen molar-refractivity contribution in [3.8, 4) is 5.88 Å². The number of para-hydroxylation sites is 1. The first kappa shape index (κ1) is 13.2. The normalized spacial score (nSPS) is 17.7. The van der Waals surface area contributed by atoms with Crippen LogP contribution in [0.2, 0.25) is 0 Å². The lowest BCUT2D eigenvalue weighted by molar-refractivity contribution is 0.312. The molecule has 3 heterocycles. The van der Waals surface area contributed by atoms with Gasteiger partial charge in [0.1, 0.15) is 17.4 Å². The Morgan fingerprint density at radius 2 is 2.18 bits per heavy atom. The highest BCUT2D eigenvalue weighted by molar-refractivity contribution is 7.18. The van der Waals surface area contributed by atoms with E-state index in [1.54, 1.807) is 11.3 Å². The van der Waals surface area contributed by atoms with E-state index in [4.69, 9.17) is 10.5 Å². The number of aromatic amines is 1. The van der Waals surface area contributed by atoms with E-state index in [1.165, 1.54) is 0 Å². The lowest BCUT2D eigenvalue weighted by atomic mass is 10.1. The van der Waals surface area contributed by atoms with Crippen LogP contribution in [-0.4, -0.2) is 28.1 Å². The average Bonchev–Trinajstić information content (AvgIpc) is 2.80. The van der Waals surface area contributed by atoms with Crippen LogP contribution in [0, 0.1) is 0 Å². The van der Waals surface area contributed by atoms with E-state index in [2.05, 4.69) is 20.3 Å². The fourth-order valence-electron chi connectivity index (χ4n) is 2.54. The molecule has 0 fully saturated rings. The molecule has 0 spiro atoms. The molecule has 0 radical (unpaired) electrons. The number of nitrogens with two attached hydrogens (primary N) is 1. The van der Waals surface area contributed by atoms with Gasteiger partial charge in [-0.2, -0.15) is 4.98 Å². The van der Waals surface area contributed by atoms with Gasteiger partial charge in [-0.15, -0.1) is 11.3 Å². The highest BCUT2D eigenvalue weighted by atomic mass is 32.1. The summed E-state index contributed by atoms with van der Waals surface area (Å²) in [6, 6.07) is 7.68. The quantitative estimate of drug-likeness (QED) is 0.619. The number of nitrogen functional groups attached to an aromatic ring is 1. The SMILES string of the molecule is Nc1[nH]c(=O)nc2c1C(c1nc3ccccc3s1)NCCO2. The Bertz CT molecular complexity index is 871. The minimum Gasteiger partial charge on any atom is -0.476 e. The van der Waals surface area contributed by atoms with Gasteiger partial charge in [0.25, 0.3) is 0 Å². The van der Waals surface area contributed by atoms with Crippen molar-refractivity contribution in [2.75, 3.05) is 18.9 Å². The molecule has 22 heavy (non-hydrogen) atoms. The van der Waals surface area contributed by atoms with E-state index >= 15 is 0 Å². The molecular weight excluding hydrogens is 302 g/mol. The Morgan fingerprint density at radius 1 is 1.32 bits per heavy atom. The highest BCUT2D eigenvalue weighted by Gasteiger charge is 2.28. The van der Waals surface area contributed by atoms with Crippen molar-refractivity contribution in [3.63, 3.8) is 0 Å². The average molecular weight is 315 g/mol. The van der Waals surface area contributed by atoms with Gasteiger partial charge < -0.3 is 15.8 Å². The van der Waals surface area contributed by atoms with Crippen molar-refractivity contribution < 1.29 is 4.74 Å². The molecule has 2 aromatic heterocycles. The number of nitrogens with one attached hydrogen (secondary N) is 2. The molecule has 1 unspecified atom stereocenters. The second-order valence-corrected chi connectivity index (χ2v) is 5.99. The number of aromatic nitrogens is 3. The fourth-order valence-corrected chi connectivity index (χ4v) is 3.60. The van der Waals surface area contributed by atoms with Crippen molar-refractivity contribution in [1.29, 1.82) is 0 Å². The molecule has 0 aliphatic carbocycles. The molecule has 3 aromatic rings. The van der Waals surface area contributed by atoms with Crippen LogP contribution in [0.4, 0.5) is 5.82 Å². The van der Waals surface area contributed by atoms with Crippen LogP contribution in [0.25, 0.3) is 10.2 Å². The number of hydrogen-bond acceptors (Lipinski definition) is 7. The summed E-state index contributed by atoms with van der Waals surface area (Å²) in [7, 11) is 0. The van der Waals surface area contributed by atoms with Gasteiger partial charge in [0.05, 0.1) is 21.8 Å². The summed E-state index contributed by atoms with van der Waals surface area (Å²) in [6.07, 6.45) is 0. The summed E-state index contributed by atoms with van der Waals surface area (Å²) >= 11 is 1.59. The van der Waals surface area contributed by atoms with E-state index in [-0.39, 0.29) is 17.7 Å². The largest absolute Gasteiger partial charge is 0.476 e. The Morgan fingerprint density at radius 3 is 3.05 bits per heavy atom. The van der Waals surface area contributed by atoms with Crippen LogP contribution < -0.4 is 21.5 Å². The number of rotatable bonds is 1. The second-order valence-electron chi connectivity index (χ2n) is 4.93. The summed E-state index contributed by atoms with van der Waals surface area (Å²) < 4.78 is 6.64. The minimum atomic E-state index is -0.513. The fraction of sp³-hybridized carbons (Fsp3) is 0.214. The first-order valence-electron chi connectivity index (χ1n) is 6.84. The molecule has 112 valence electrons. The number of hydrogen-bond donors (Lipinski definition) is 3. The molecule has 8 heteroatoms.